The van der Waals surface area contributed by atoms with Crippen LogP contribution >= 0.6 is 0 Å². The lowest BCUT2D eigenvalue weighted by atomic mass is 10.1. The van der Waals surface area contributed by atoms with Crippen LogP contribution < -0.4 is 0 Å². The van der Waals surface area contributed by atoms with Crippen molar-refractivity contribution in [2.75, 3.05) is 20.6 Å². The van der Waals surface area contributed by atoms with Crippen LogP contribution in [-0.4, -0.2) is 50.1 Å². The third-order valence-corrected chi connectivity index (χ3v) is 6.34. The van der Waals surface area contributed by atoms with E-state index in [0.29, 0.717) is 17.9 Å². The van der Waals surface area contributed by atoms with Crippen molar-refractivity contribution < 1.29 is 27.2 Å². The minimum atomic E-state index is -3.56. The molecular formula is C19H22N2O6S. The number of hydrogen-bond donors (Lipinski definition) is 0. The summed E-state index contributed by atoms with van der Waals surface area (Å²) in [5.41, 5.74) is 0.563. The summed E-state index contributed by atoms with van der Waals surface area (Å²) in [6.45, 7) is 0.534. The number of carbonyl (C=O) groups excluding carboxylic acids is 2. The SMILES string of the molecule is CN(C)S(=O)(=O)c1cccc(COC(=O)C2CC(=O)N(Cc3ccco3)C2)c1. The number of benzene rings is 1. The van der Waals surface area contributed by atoms with Crippen LogP contribution in [0.4, 0.5) is 0 Å². The maximum atomic E-state index is 12.4. The van der Waals surface area contributed by atoms with Crippen LogP contribution in [0.2, 0.25) is 0 Å². The van der Waals surface area contributed by atoms with Crippen LogP contribution in [0.25, 0.3) is 0 Å². The molecule has 0 spiro atoms. The number of amides is 1. The predicted octanol–water partition coefficient (Wildman–Crippen LogP) is 1.62. The second-order valence-corrected chi connectivity index (χ2v) is 8.95. The molecule has 2 heterocycles. The first kappa shape index (κ1) is 20.1. The molecule has 150 valence electrons. The molecule has 0 aliphatic carbocycles. The molecule has 1 fully saturated rings. The smallest absolute Gasteiger partial charge is 0.311 e. The molecule has 1 aliphatic heterocycles. The fraction of sp³-hybridized carbons (Fsp3) is 0.368. The maximum absolute atomic E-state index is 12.4. The topological polar surface area (TPSA) is 97.1 Å². The molecule has 0 N–H and O–H groups in total. The van der Waals surface area contributed by atoms with E-state index in [1.807, 2.05) is 0 Å². The van der Waals surface area contributed by atoms with Gasteiger partial charge in [0.1, 0.15) is 12.4 Å². The number of rotatable bonds is 7. The Bertz CT molecular complexity index is 953. The normalized spacial score (nSPS) is 17.3. The first-order valence-corrected chi connectivity index (χ1v) is 10.2. The lowest BCUT2D eigenvalue weighted by Gasteiger charge is -2.15. The first-order valence-electron chi connectivity index (χ1n) is 8.75. The minimum Gasteiger partial charge on any atom is -0.467 e. The average molecular weight is 406 g/mol. The summed E-state index contributed by atoms with van der Waals surface area (Å²) in [4.78, 5) is 26.2. The van der Waals surface area contributed by atoms with Gasteiger partial charge in [-0.3, -0.25) is 9.59 Å². The molecule has 1 aromatic carbocycles. The molecule has 1 amide bonds. The lowest BCUT2D eigenvalue weighted by Crippen LogP contribution is -2.26. The summed E-state index contributed by atoms with van der Waals surface area (Å²) in [6.07, 6.45) is 1.63. The highest BCUT2D eigenvalue weighted by Gasteiger charge is 2.35. The Morgan fingerprint density at radius 2 is 2.07 bits per heavy atom. The number of nitrogens with zero attached hydrogens (tertiary/aromatic N) is 2. The van der Waals surface area contributed by atoms with E-state index in [1.54, 1.807) is 29.2 Å². The first-order chi connectivity index (χ1) is 13.3. The number of furan rings is 1. The molecule has 8 nitrogen and oxygen atoms in total. The number of sulfonamides is 1. The molecule has 0 saturated carbocycles. The molecule has 1 aromatic heterocycles. The van der Waals surface area contributed by atoms with Crippen molar-refractivity contribution in [3.05, 3.63) is 54.0 Å². The quantitative estimate of drug-likeness (QED) is 0.648. The van der Waals surface area contributed by atoms with Gasteiger partial charge >= 0.3 is 5.97 Å². The zero-order valence-corrected chi connectivity index (χ0v) is 16.5. The third kappa shape index (κ3) is 4.42. The van der Waals surface area contributed by atoms with Gasteiger partial charge in [-0.05, 0) is 29.8 Å². The summed E-state index contributed by atoms with van der Waals surface area (Å²) >= 11 is 0. The fourth-order valence-electron chi connectivity index (χ4n) is 2.95. The molecular weight excluding hydrogens is 384 g/mol. The zero-order valence-electron chi connectivity index (χ0n) is 15.7. The van der Waals surface area contributed by atoms with Gasteiger partial charge in [-0.15, -0.1) is 0 Å². The molecule has 2 aromatic rings. The van der Waals surface area contributed by atoms with Gasteiger partial charge in [0.25, 0.3) is 0 Å². The third-order valence-electron chi connectivity index (χ3n) is 4.53. The lowest BCUT2D eigenvalue weighted by molar-refractivity contribution is -0.149. The Kier molecular flexibility index (Phi) is 5.85. The molecule has 0 radical (unpaired) electrons. The van der Waals surface area contributed by atoms with Crippen LogP contribution in [0.3, 0.4) is 0 Å². The van der Waals surface area contributed by atoms with Crippen LogP contribution in [0.1, 0.15) is 17.7 Å². The van der Waals surface area contributed by atoms with E-state index in [9.17, 15) is 18.0 Å². The summed E-state index contributed by atoms with van der Waals surface area (Å²) < 4.78 is 36.1. The second-order valence-electron chi connectivity index (χ2n) is 6.80. The van der Waals surface area contributed by atoms with Crippen molar-refractivity contribution >= 4 is 21.9 Å². The maximum Gasteiger partial charge on any atom is 0.311 e. The number of hydrogen-bond acceptors (Lipinski definition) is 6. The monoisotopic (exact) mass is 406 g/mol. The van der Waals surface area contributed by atoms with Gasteiger partial charge in [0, 0.05) is 27.1 Å². The van der Waals surface area contributed by atoms with E-state index in [4.69, 9.17) is 9.15 Å². The summed E-state index contributed by atoms with van der Waals surface area (Å²) in [7, 11) is -0.656. The zero-order chi connectivity index (χ0) is 20.3. The molecule has 1 unspecified atom stereocenters. The van der Waals surface area contributed by atoms with Gasteiger partial charge in [0.05, 0.1) is 23.6 Å². The van der Waals surface area contributed by atoms with Gasteiger partial charge in [0.15, 0.2) is 0 Å². The molecule has 3 rings (SSSR count). The Morgan fingerprint density at radius 1 is 1.29 bits per heavy atom. The summed E-state index contributed by atoms with van der Waals surface area (Å²) in [5.74, 6) is -0.494. The van der Waals surface area contributed by atoms with Crippen molar-refractivity contribution in [2.24, 2.45) is 5.92 Å². The fourth-order valence-corrected chi connectivity index (χ4v) is 3.92. The average Bonchev–Trinajstić information content (AvgIpc) is 3.30. The van der Waals surface area contributed by atoms with Crippen LogP contribution in [0.15, 0.2) is 52.0 Å². The van der Waals surface area contributed by atoms with E-state index in [-0.39, 0.29) is 30.4 Å². The van der Waals surface area contributed by atoms with Crippen molar-refractivity contribution in [3.8, 4) is 0 Å². The molecule has 1 aliphatic rings. The van der Waals surface area contributed by atoms with Gasteiger partial charge in [-0.25, -0.2) is 12.7 Å². The molecule has 1 saturated heterocycles. The van der Waals surface area contributed by atoms with Crippen LogP contribution in [0.5, 0.6) is 0 Å². The number of esters is 1. The second kappa shape index (κ2) is 8.15. The largest absolute Gasteiger partial charge is 0.467 e. The van der Waals surface area contributed by atoms with Gasteiger partial charge in [0.2, 0.25) is 15.9 Å². The van der Waals surface area contributed by atoms with Crippen molar-refractivity contribution in [1.29, 1.82) is 0 Å². The highest BCUT2D eigenvalue weighted by atomic mass is 32.2. The number of ether oxygens (including phenoxy) is 1. The van der Waals surface area contributed by atoms with Gasteiger partial charge in [-0.2, -0.15) is 0 Å². The predicted molar refractivity (Wildman–Crippen MR) is 99.3 cm³/mol. The minimum absolute atomic E-state index is 0.0570. The van der Waals surface area contributed by atoms with Gasteiger partial charge < -0.3 is 14.1 Å². The van der Waals surface area contributed by atoms with Crippen molar-refractivity contribution in [2.45, 2.75) is 24.5 Å². The molecule has 9 heteroatoms. The molecule has 28 heavy (non-hydrogen) atoms. The van der Waals surface area contributed by atoms with E-state index in [1.165, 1.54) is 32.5 Å². The van der Waals surface area contributed by atoms with Crippen LogP contribution in [0, 0.1) is 5.92 Å². The van der Waals surface area contributed by atoms with E-state index >= 15 is 0 Å². The van der Waals surface area contributed by atoms with E-state index in [0.717, 1.165) is 4.31 Å². The Hall–Kier alpha value is -2.65. The Morgan fingerprint density at radius 3 is 2.75 bits per heavy atom. The standard InChI is InChI=1S/C19H22N2O6S/c1-20(2)28(24,25)17-7-3-5-14(9-17)13-27-19(23)15-10-18(22)21(11-15)12-16-6-4-8-26-16/h3-9,15H,10-13H2,1-2H3. The van der Waals surface area contributed by atoms with E-state index in [2.05, 4.69) is 0 Å². The highest BCUT2D eigenvalue weighted by Crippen LogP contribution is 2.22. The number of likely N-dealkylation sites (tertiary alicyclic amines) is 1. The molecule has 1 atom stereocenters. The summed E-state index contributed by atoms with van der Waals surface area (Å²) in [6, 6.07) is 9.77. The van der Waals surface area contributed by atoms with Crippen LogP contribution in [-0.2, 0) is 37.5 Å². The Balaban J connectivity index is 1.58. The summed E-state index contributed by atoms with van der Waals surface area (Å²) in [5, 5.41) is 0. The molecule has 0 bridgehead atoms. The van der Waals surface area contributed by atoms with Crippen molar-refractivity contribution in [3.63, 3.8) is 0 Å². The van der Waals surface area contributed by atoms with Crippen molar-refractivity contribution in [1.82, 2.24) is 9.21 Å². The highest BCUT2D eigenvalue weighted by molar-refractivity contribution is 7.89. The Labute approximate surface area is 163 Å². The number of carbonyl (C=O) groups is 2. The van der Waals surface area contributed by atoms with E-state index < -0.39 is 21.9 Å². The van der Waals surface area contributed by atoms with Gasteiger partial charge in [-0.1, -0.05) is 12.1 Å².